The van der Waals surface area contributed by atoms with Gasteiger partial charge < -0.3 is 15.5 Å². The van der Waals surface area contributed by atoms with Crippen LogP contribution in [0.2, 0.25) is 0 Å². The van der Waals surface area contributed by atoms with E-state index in [0.29, 0.717) is 64.1 Å². The minimum atomic E-state index is -3.53. The molecule has 2 fully saturated rings. The van der Waals surface area contributed by atoms with Crippen molar-refractivity contribution < 1.29 is 26.0 Å². The first kappa shape index (κ1) is 31.8. The lowest BCUT2D eigenvalue weighted by Gasteiger charge is -2.32. The maximum absolute atomic E-state index is 13.3. The summed E-state index contributed by atoms with van der Waals surface area (Å²) in [5.74, 6) is 1.39. The van der Waals surface area contributed by atoms with Gasteiger partial charge in [-0.05, 0) is 63.6 Å². The number of rotatable bonds is 13. The fourth-order valence-corrected chi connectivity index (χ4v) is 7.15. The number of anilines is 3. The van der Waals surface area contributed by atoms with Crippen LogP contribution in [-0.4, -0.2) is 85.1 Å². The molecule has 0 aliphatic heterocycles. The van der Waals surface area contributed by atoms with Crippen LogP contribution in [0.15, 0.2) is 49.2 Å². The molecular formula is C29H34F4N10O2S. The first-order valence-corrected chi connectivity index (χ1v) is 16.5. The third kappa shape index (κ3) is 7.46. The van der Waals surface area contributed by atoms with Crippen LogP contribution in [0.5, 0.6) is 0 Å². The second-order valence-electron chi connectivity index (χ2n) is 11.8. The summed E-state index contributed by atoms with van der Waals surface area (Å²) < 4.78 is 78.7. The SMILES string of the molecule is CN(CC(F)F)CC1CCC(Nc2cc(Nc3ccnc(-c4cnn(S(=O)(=O)C5CC5)c4)n3)ncc2-c2ccn(C(F)F)n2)CC1. The lowest BCUT2D eigenvalue weighted by atomic mass is 9.85. The van der Waals surface area contributed by atoms with Crippen LogP contribution in [0.3, 0.4) is 0 Å². The van der Waals surface area contributed by atoms with Gasteiger partial charge in [0, 0.05) is 48.5 Å². The number of nitrogens with zero attached hydrogens (tertiary/aromatic N) is 8. The summed E-state index contributed by atoms with van der Waals surface area (Å²) in [5.41, 5.74) is 1.93. The Morgan fingerprint density at radius 3 is 2.50 bits per heavy atom. The Bertz CT molecular complexity index is 1750. The van der Waals surface area contributed by atoms with Gasteiger partial charge in [-0.2, -0.15) is 23.1 Å². The van der Waals surface area contributed by atoms with Crippen LogP contribution in [0, 0.1) is 5.92 Å². The molecule has 0 saturated heterocycles. The quantitative estimate of drug-likeness (QED) is 0.183. The molecule has 46 heavy (non-hydrogen) atoms. The van der Waals surface area contributed by atoms with Crippen LogP contribution in [0.4, 0.5) is 34.9 Å². The molecule has 4 aromatic rings. The van der Waals surface area contributed by atoms with Gasteiger partial charge in [0.25, 0.3) is 16.4 Å². The second-order valence-corrected chi connectivity index (χ2v) is 13.9. The molecule has 2 aliphatic rings. The summed E-state index contributed by atoms with van der Waals surface area (Å²) in [6.45, 7) is -2.43. The Balaban J connectivity index is 1.19. The molecule has 0 bridgehead atoms. The Hall–Kier alpha value is -4.12. The van der Waals surface area contributed by atoms with Crippen LogP contribution < -0.4 is 10.6 Å². The van der Waals surface area contributed by atoms with Crippen molar-refractivity contribution in [3.8, 4) is 22.6 Å². The number of pyridine rings is 1. The monoisotopic (exact) mass is 662 g/mol. The summed E-state index contributed by atoms with van der Waals surface area (Å²) in [5, 5.41) is 14.3. The molecule has 4 aromatic heterocycles. The molecule has 6 rings (SSSR count). The smallest absolute Gasteiger partial charge is 0.333 e. The molecule has 0 spiro atoms. The summed E-state index contributed by atoms with van der Waals surface area (Å²) in [6, 6.07) is 4.95. The molecule has 2 saturated carbocycles. The Kier molecular flexibility index (Phi) is 9.22. The highest BCUT2D eigenvalue weighted by Gasteiger charge is 2.37. The Morgan fingerprint density at radius 1 is 1.02 bits per heavy atom. The fraction of sp³-hybridized carbons (Fsp3) is 0.483. The maximum atomic E-state index is 13.3. The van der Waals surface area contributed by atoms with Crippen molar-refractivity contribution in [1.29, 1.82) is 0 Å². The van der Waals surface area contributed by atoms with E-state index in [-0.39, 0.29) is 18.4 Å². The molecule has 0 aromatic carbocycles. The minimum absolute atomic E-state index is 0.0666. The average Bonchev–Trinajstić information content (AvgIpc) is 3.55. The molecule has 0 atom stereocenters. The zero-order chi connectivity index (χ0) is 32.4. The van der Waals surface area contributed by atoms with Crippen molar-refractivity contribution in [2.45, 2.75) is 62.8 Å². The van der Waals surface area contributed by atoms with Gasteiger partial charge in [-0.15, -0.1) is 0 Å². The predicted octanol–water partition coefficient (Wildman–Crippen LogP) is 5.25. The topological polar surface area (TPSA) is 136 Å². The van der Waals surface area contributed by atoms with Crippen LogP contribution >= 0.6 is 0 Å². The molecule has 17 heteroatoms. The second kappa shape index (κ2) is 13.3. The van der Waals surface area contributed by atoms with E-state index in [1.807, 2.05) is 0 Å². The van der Waals surface area contributed by atoms with Crippen molar-refractivity contribution in [1.82, 2.24) is 38.8 Å². The normalized spacial score (nSPS) is 18.9. The largest absolute Gasteiger partial charge is 0.382 e. The molecule has 246 valence electrons. The standard InChI is InChI=1S/C29H34F4N10O2S/c1-41(17-25(30)31)15-18-2-4-20(5-3-18)37-24-12-27(35-14-22(24)23-9-11-42(40-23)29(32)33)38-26-8-10-34-28(39-26)19-13-36-43(16-19)46(44,45)21-6-7-21/h8-14,16,18,20-21,25,29H,2-7,15,17H2,1H3,(H2,34,35,37,38,39). The fourth-order valence-electron chi connectivity index (χ4n) is 5.67. The molecule has 4 heterocycles. The van der Waals surface area contributed by atoms with Gasteiger partial charge in [0.1, 0.15) is 11.6 Å². The number of halogens is 4. The van der Waals surface area contributed by atoms with Crippen molar-refractivity contribution in [2.75, 3.05) is 30.8 Å². The van der Waals surface area contributed by atoms with E-state index < -0.39 is 28.2 Å². The van der Waals surface area contributed by atoms with Crippen molar-refractivity contribution in [3.63, 3.8) is 0 Å². The molecular weight excluding hydrogens is 628 g/mol. The van der Waals surface area contributed by atoms with E-state index in [4.69, 9.17) is 0 Å². The molecule has 2 N–H and O–H groups in total. The number of aromatic nitrogens is 7. The molecule has 0 amide bonds. The van der Waals surface area contributed by atoms with Gasteiger partial charge in [0.05, 0.1) is 35.4 Å². The number of nitrogens with one attached hydrogen (secondary N) is 2. The highest BCUT2D eigenvalue weighted by molar-refractivity contribution is 7.90. The molecule has 12 nitrogen and oxygen atoms in total. The van der Waals surface area contributed by atoms with E-state index >= 15 is 0 Å². The Morgan fingerprint density at radius 2 is 1.80 bits per heavy atom. The van der Waals surface area contributed by atoms with Crippen molar-refractivity contribution in [2.24, 2.45) is 5.92 Å². The lowest BCUT2D eigenvalue weighted by molar-refractivity contribution is 0.0568. The van der Waals surface area contributed by atoms with E-state index in [1.54, 1.807) is 30.3 Å². The highest BCUT2D eigenvalue weighted by Crippen LogP contribution is 2.34. The third-order valence-corrected chi connectivity index (χ3v) is 10.2. The predicted molar refractivity (Wildman–Crippen MR) is 163 cm³/mol. The lowest BCUT2D eigenvalue weighted by Crippen LogP contribution is -2.34. The minimum Gasteiger partial charge on any atom is -0.382 e. The van der Waals surface area contributed by atoms with E-state index in [1.165, 1.54) is 30.9 Å². The number of alkyl halides is 4. The van der Waals surface area contributed by atoms with Gasteiger partial charge in [-0.1, -0.05) is 0 Å². The summed E-state index contributed by atoms with van der Waals surface area (Å²) in [7, 11) is -1.82. The van der Waals surface area contributed by atoms with Gasteiger partial charge in [0.2, 0.25) is 0 Å². The van der Waals surface area contributed by atoms with Gasteiger partial charge in [-0.25, -0.2) is 36.8 Å². The first-order chi connectivity index (χ1) is 22.0. The van der Waals surface area contributed by atoms with E-state index in [2.05, 4.69) is 35.8 Å². The van der Waals surface area contributed by atoms with Crippen molar-refractivity contribution >= 4 is 27.3 Å². The summed E-state index contributed by atoms with van der Waals surface area (Å²) in [4.78, 5) is 14.9. The summed E-state index contributed by atoms with van der Waals surface area (Å²) >= 11 is 0. The number of hydrogen-bond acceptors (Lipinski definition) is 10. The van der Waals surface area contributed by atoms with Gasteiger partial charge in [-0.3, -0.25) is 0 Å². The number of hydrogen-bond donors (Lipinski definition) is 2. The average molecular weight is 663 g/mol. The first-order valence-electron chi connectivity index (χ1n) is 15.0. The summed E-state index contributed by atoms with van der Waals surface area (Å²) in [6.07, 6.45) is 9.28. The van der Waals surface area contributed by atoms with Gasteiger partial charge in [0.15, 0.2) is 5.82 Å². The van der Waals surface area contributed by atoms with Crippen LogP contribution in [-0.2, 0) is 10.0 Å². The van der Waals surface area contributed by atoms with Crippen LogP contribution in [0.1, 0.15) is 45.1 Å². The van der Waals surface area contributed by atoms with E-state index in [0.717, 1.165) is 29.8 Å². The van der Waals surface area contributed by atoms with Crippen molar-refractivity contribution in [3.05, 3.63) is 49.2 Å². The van der Waals surface area contributed by atoms with Gasteiger partial charge >= 0.3 is 6.55 Å². The Labute approximate surface area is 263 Å². The molecule has 2 aliphatic carbocycles. The molecule has 0 radical (unpaired) electrons. The van der Waals surface area contributed by atoms with Crippen LogP contribution in [0.25, 0.3) is 22.6 Å². The molecule has 0 unspecified atom stereocenters. The highest BCUT2D eigenvalue weighted by atomic mass is 32.2. The zero-order valence-corrected chi connectivity index (χ0v) is 25.8. The third-order valence-electron chi connectivity index (χ3n) is 8.15. The van der Waals surface area contributed by atoms with E-state index in [9.17, 15) is 26.0 Å². The maximum Gasteiger partial charge on any atom is 0.333 e. The zero-order valence-electron chi connectivity index (χ0n) is 25.0.